The first-order valence-corrected chi connectivity index (χ1v) is 6.46. The summed E-state index contributed by atoms with van der Waals surface area (Å²) in [5.74, 6) is 0. The number of halogens is 3. The van der Waals surface area contributed by atoms with E-state index in [4.69, 9.17) is 9.31 Å². The van der Waals surface area contributed by atoms with Crippen LogP contribution in [0.1, 0.15) is 34.1 Å². The molecule has 20 heavy (non-hydrogen) atoms. The zero-order valence-corrected chi connectivity index (χ0v) is 12.0. The standard InChI is InChI=1S/C12H18BF3N2O2/c1-10(2)11(3,4)20-13(19-10)9-5-7-17-18(9)8-6-12(14,15)16/h5,7H,6,8H2,1-4H3. The zero-order valence-electron chi connectivity index (χ0n) is 12.0. The van der Waals surface area contributed by atoms with Gasteiger partial charge in [-0.1, -0.05) is 0 Å². The first-order chi connectivity index (χ1) is 9.02. The van der Waals surface area contributed by atoms with Crippen molar-refractivity contribution in [1.29, 1.82) is 0 Å². The zero-order chi connectivity index (χ0) is 15.2. The molecule has 2 heterocycles. The van der Waals surface area contributed by atoms with Crippen LogP contribution in [-0.4, -0.2) is 34.3 Å². The van der Waals surface area contributed by atoms with Crippen LogP contribution < -0.4 is 5.59 Å². The van der Waals surface area contributed by atoms with Crippen molar-refractivity contribution in [2.24, 2.45) is 0 Å². The Bertz CT molecular complexity index is 469. The molecule has 0 atom stereocenters. The molecule has 8 heteroatoms. The Kier molecular flexibility index (Phi) is 3.67. The second-order valence-electron chi connectivity index (χ2n) is 5.93. The maximum atomic E-state index is 12.3. The van der Waals surface area contributed by atoms with E-state index in [-0.39, 0.29) is 6.54 Å². The summed E-state index contributed by atoms with van der Waals surface area (Å²) in [6.07, 6.45) is -3.68. The molecule has 1 aromatic heterocycles. The number of aromatic nitrogens is 2. The summed E-state index contributed by atoms with van der Waals surface area (Å²) in [7, 11) is -0.698. The number of hydrogen-bond acceptors (Lipinski definition) is 3. The lowest BCUT2D eigenvalue weighted by Crippen LogP contribution is -2.41. The Morgan fingerprint density at radius 2 is 1.75 bits per heavy atom. The summed E-state index contributed by atoms with van der Waals surface area (Å²) >= 11 is 0. The third kappa shape index (κ3) is 3.01. The minimum atomic E-state index is -4.21. The normalized spacial score (nSPS) is 21.4. The van der Waals surface area contributed by atoms with E-state index in [9.17, 15) is 13.2 Å². The molecule has 1 aliphatic rings. The van der Waals surface area contributed by atoms with E-state index >= 15 is 0 Å². The van der Waals surface area contributed by atoms with Gasteiger partial charge >= 0.3 is 13.3 Å². The summed E-state index contributed by atoms with van der Waals surface area (Å²) in [5.41, 5.74) is -0.555. The number of hydrogen-bond donors (Lipinski definition) is 0. The van der Waals surface area contributed by atoms with Gasteiger partial charge < -0.3 is 9.31 Å². The Balaban J connectivity index is 2.14. The average Bonchev–Trinajstić information content (AvgIpc) is 2.78. The van der Waals surface area contributed by atoms with Crippen LogP contribution in [0.3, 0.4) is 0 Å². The lowest BCUT2D eigenvalue weighted by Gasteiger charge is -2.32. The van der Waals surface area contributed by atoms with Crippen molar-refractivity contribution >= 4 is 12.7 Å². The lowest BCUT2D eigenvalue weighted by molar-refractivity contribution is -0.137. The van der Waals surface area contributed by atoms with Gasteiger partial charge in [0.15, 0.2) is 0 Å². The average molecular weight is 290 g/mol. The van der Waals surface area contributed by atoms with Crippen LogP contribution in [0.4, 0.5) is 13.2 Å². The third-order valence-electron chi connectivity index (χ3n) is 3.85. The van der Waals surface area contributed by atoms with E-state index in [1.807, 2.05) is 27.7 Å². The number of aryl methyl sites for hydroxylation is 1. The molecular weight excluding hydrogens is 272 g/mol. The molecule has 2 rings (SSSR count). The predicted molar refractivity (Wildman–Crippen MR) is 68.6 cm³/mol. The number of rotatable bonds is 3. The second kappa shape index (κ2) is 4.77. The summed E-state index contributed by atoms with van der Waals surface area (Å²) in [5, 5.41) is 3.92. The first-order valence-electron chi connectivity index (χ1n) is 6.46. The molecule has 0 aliphatic carbocycles. The highest BCUT2D eigenvalue weighted by Crippen LogP contribution is 2.36. The van der Waals surface area contributed by atoms with Gasteiger partial charge in [-0.05, 0) is 33.8 Å². The van der Waals surface area contributed by atoms with Gasteiger partial charge in [-0.15, -0.1) is 0 Å². The van der Waals surface area contributed by atoms with E-state index in [0.717, 1.165) is 0 Å². The van der Waals surface area contributed by atoms with E-state index < -0.39 is 30.9 Å². The molecule has 0 spiro atoms. The Morgan fingerprint density at radius 3 is 2.25 bits per heavy atom. The number of nitrogens with zero attached hydrogens (tertiary/aromatic N) is 2. The molecule has 0 amide bonds. The minimum absolute atomic E-state index is 0.240. The van der Waals surface area contributed by atoms with Crippen molar-refractivity contribution in [1.82, 2.24) is 9.78 Å². The lowest BCUT2D eigenvalue weighted by atomic mass is 9.84. The molecule has 0 radical (unpaired) electrons. The van der Waals surface area contributed by atoms with Gasteiger partial charge in [0.25, 0.3) is 0 Å². The molecule has 112 valence electrons. The van der Waals surface area contributed by atoms with Crippen molar-refractivity contribution in [2.45, 2.75) is 58.0 Å². The molecule has 1 saturated heterocycles. The van der Waals surface area contributed by atoms with Crippen molar-refractivity contribution < 1.29 is 22.5 Å². The van der Waals surface area contributed by atoms with E-state index in [2.05, 4.69) is 5.10 Å². The largest absolute Gasteiger partial charge is 0.514 e. The fraction of sp³-hybridized carbons (Fsp3) is 0.750. The molecular formula is C12H18BF3N2O2. The second-order valence-corrected chi connectivity index (χ2v) is 5.93. The predicted octanol–water partition coefficient (Wildman–Crippen LogP) is 2.13. The molecule has 4 nitrogen and oxygen atoms in total. The van der Waals surface area contributed by atoms with Crippen LogP contribution in [-0.2, 0) is 15.9 Å². The molecule has 1 fully saturated rings. The molecule has 1 aromatic rings. The SMILES string of the molecule is CC1(C)OB(c2ccnn2CCC(F)(F)F)OC1(C)C. The van der Waals surface area contributed by atoms with Crippen LogP contribution in [0, 0.1) is 0 Å². The van der Waals surface area contributed by atoms with Gasteiger partial charge in [-0.2, -0.15) is 18.3 Å². The Hall–Kier alpha value is -1.02. The van der Waals surface area contributed by atoms with Crippen LogP contribution in [0.5, 0.6) is 0 Å². The highest BCUT2D eigenvalue weighted by Gasteiger charge is 2.52. The maximum Gasteiger partial charge on any atom is 0.514 e. The van der Waals surface area contributed by atoms with Crippen LogP contribution in [0.15, 0.2) is 12.3 Å². The fourth-order valence-electron chi connectivity index (χ4n) is 1.93. The van der Waals surface area contributed by atoms with Gasteiger partial charge in [-0.25, -0.2) is 0 Å². The van der Waals surface area contributed by atoms with E-state index in [1.165, 1.54) is 10.9 Å². The summed E-state index contributed by atoms with van der Waals surface area (Å²) in [6, 6.07) is 1.62. The summed E-state index contributed by atoms with van der Waals surface area (Å²) in [6.45, 7) is 7.33. The minimum Gasteiger partial charge on any atom is -0.398 e. The Morgan fingerprint density at radius 1 is 1.20 bits per heavy atom. The third-order valence-corrected chi connectivity index (χ3v) is 3.85. The van der Waals surface area contributed by atoms with Crippen molar-refractivity contribution in [3.8, 4) is 0 Å². The molecule has 0 aromatic carbocycles. The quantitative estimate of drug-likeness (QED) is 0.800. The van der Waals surface area contributed by atoms with Gasteiger partial charge in [0.05, 0.1) is 23.2 Å². The highest BCUT2D eigenvalue weighted by atomic mass is 19.4. The van der Waals surface area contributed by atoms with Gasteiger partial charge in [0, 0.05) is 12.7 Å². The molecule has 1 aliphatic heterocycles. The molecule has 0 saturated carbocycles. The fourth-order valence-corrected chi connectivity index (χ4v) is 1.93. The summed E-state index contributed by atoms with van der Waals surface area (Å²) < 4.78 is 49.8. The van der Waals surface area contributed by atoms with Gasteiger partial charge in [0.1, 0.15) is 0 Å². The maximum absolute atomic E-state index is 12.3. The van der Waals surface area contributed by atoms with Crippen molar-refractivity contribution in [3.63, 3.8) is 0 Å². The molecule has 0 bridgehead atoms. The van der Waals surface area contributed by atoms with Crippen molar-refractivity contribution in [3.05, 3.63) is 12.3 Å². The van der Waals surface area contributed by atoms with Gasteiger partial charge in [0.2, 0.25) is 0 Å². The highest BCUT2D eigenvalue weighted by molar-refractivity contribution is 6.61. The van der Waals surface area contributed by atoms with Crippen LogP contribution in [0.25, 0.3) is 0 Å². The number of alkyl halides is 3. The molecule has 0 unspecified atom stereocenters. The van der Waals surface area contributed by atoms with E-state index in [1.54, 1.807) is 6.07 Å². The Labute approximate surface area is 116 Å². The van der Waals surface area contributed by atoms with Crippen molar-refractivity contribution in [2.75, 3.05) is 0 Å². The monoisotopic (exact) mass is 290 g/mol. The molecule has 0 N–H and O–H groups in total. The van der Waals surface area contributed by atoms with Crippen LogP contribution in [0.2, 0.25) is 0 Å². The topological polar surface area (TPSA) is 36.3 Å². The first kappa shape index (κ1) is 15.4. The van der Waals surface area contributed by atoms with Gasteiger partial charge in [-0.3, -0.25) is 4.68 Å². The van der Waals surface area contributed by atoms with E-state index in [0.29, 0.717) is 5.59 Å². The smallest absolute Gasteiger partial charge is 0.398 e. The summed E-state index contributed by atoms with van der Waals surface area (Å²) in [4.78, 5) is 0. The van der Waals surface area contributed by atoms with Crippen LogP contribution >= 0.6 is 0 Å².